The molecule has 93 heavy (non-hydrogen) atoms. The number of carbonyl (C=O) groups excluding carboxylic acids is 1. The number of nitrogens with one attached hydrogen (secondary N) is 1. The fourth-order valence-electron chi connectivity index (χ4n) is 9.15. The first-order valence-electron chi connectivity index (χ1n) is 31.6. The number of aldehydes is 1. The minimum atomic E-state index is -0.405. The van der Waals surface area contributed by atoms with Crippen LogP contribution in [0.1, 0.15) is 50.1 Å². The van der Waals surface area contributed by atoms with Crippen LogP contribution in [0.3, 0.4) is 0 Å². The average molecular weight is 1240 g/mol. The van der Waals surface area contributed by atoms with Gasteiger partial charge in [-0.25, -0.2) is 4.99 Å². The zero-order chi connectivity index (χ0) is 65.3. The summed E-state index contributed by atoms with van der Waals surface area (Å²) in [6.45, 7) is 1.80. The van der Waals surface area contributed by atoms with Crippen LogP contribution < -0.4 is 11.1 Å². The third kappa shape index (κ3) is 33.8. The van der Waals surface area contributed by atoms with Gasteiger partial charge in [-0.15, -0.1) is 0 Å². The molecule has 10 rings (SSSR count). The molecule has 1 saturated heterocycles. The lowest BCUT2D eigenvalue weighted by molar-refractivity contribution is -0.108. The average Bonchev–Trinajstić information content (AvgIpc) is 4.55. The zero-order valence-electron chi connectivity index (χ0n) is 53.0. The highest BCUT2D eigenvalue weighted by molar-refractivity contribution is 6.29. The number of carbonyl (C=O) groups is 1. The standard InChI is InChI=1S/C18H19BNO2.C17H19BNO2.C17H17BNO2.C16H19NO.C9H13NO/c1-3-7-15(8-4-1)11-17(18-13-21-18)20-14-22-19-12-16-9-5-2-6-10-16;2*20-13-17(11-15-7-3-1-4-8-15)19-14-21-18-12-16-9-5-2-6-10-16;18-13-16(11-14-7-3-1-4-8-14)17-12-15-9-5-2-6-10-15;10-9(7-11)6-8-4-2-1-3-5-8/h1-10,14,17-18H,11-13H2;1-10,14,17,20H,11-13H2;1-10,13-14,17H,11-12H2;1-10,16-18H,11-13H2;1-5,9,11H,6-7,10H2/t17-,18+;2*17-;16-;9-/m00000/s1. The summed E-state index contributed by atoms with van der Waals surface area (Å²) >= 11 is 0. The first kappa shape index (κ1) is 73.1. The molecule has 0 bridgehead atoms. The van der Waals surface area contributed by atoms with E-state index in [1.54, 1.807) is 22.4 Å². The van der Waals surface area contributed by atoms with Gasteiger partial charge < -0.3 is 49.9 Å². The van der Waals surface area contributed by atoms with Crippen LogP contribution in [0.2, 0.25) is 0 Å². The Balaban J connectivity index is 0.000000187. The summed E-state index contributed by atoms with van der Waals surface area (Å²) in [7, 11) is 5.14. The summed E-state index contributed by atoms with van der Waals surface area (Å²) in [4.78, 5) is 23.9. The van der Waals surface area contributed by atoms with Gasteiger partial charge >= 0.3 is 22.4 Å². The Morgan fingerprint density at radius 1 is 0.419 bits per heavy atom. The SMILES string of the molecule is N[C@H](CO)Cc1ccccc1.O=C[C@H](Cc1ccccc1)N=CO[B]Cc1ccccc1.OC[C@H](Cc1ccccc1)N=CO[B]Cc1ccccc1.OC[C@H](Cc1ccccc1)NCc1ccccc1.[B](Cc1ccccc1)OC=N[C@@H](Cc1ccccc1)[C@H]1CO1. The van der Waals surface area contributed by atoms with Gasteiger partial charge in [-0.3, -0.25) is 9.98 Å². The first-order chi connectivity index (χ1) is 45.9. The molecule has 9 aromatic rings. The van der Waals surface area contributed by atoms with E-state index in [2.05, 4.69) is 68.8 Å². The normalized spacial score (nSPS) is 13.7. The fourth-order valence-corrected chi connectivity index (χ4v) is 9.15. The second kappa shape index (κ2) is 47.0. The second-order valence-corrected chi connectivity index (χ2v) is 21.9. The number of aliphatic imine (C=N–C) groups is 3. The van der Waals surface area contributed by atoms with Crippen LogP contribution >= 0.6 is 0 Å². The lowest BCUT2D eigenvalue weighted by Gasteiger charge is -2.16. The van der Waals surface area contributed by atoms with Crippen LogP contribution in [-0.2, 0) is 81.1 Å². The molecule has 0 spiro atoms. The largest absolute Gasteiger partial charge is 0.555 e. The molecule has 6 N–H and O–H groups in total. The van der Waals surface area contributed by atoms with E-state index in [1.807, 2.05) is 224 Å². The molecule has 1 heterocycles. The Morgan fingerprint density at radius 3 is 1.12 bits per heavy atom. The van der Waals surface area contributed by atoms with Crippen molar-refractivity contribution in [2.24, 2.45) is 20.7 Å². The molecule has 1 aliphatic rings. The van der Waals surface area contributed by atoms with Gasteiger partial charge in [0.05, 0.1) is 38.5 Å². The topological polar surface area (TPSA) is 193 Å². The number of nitrogens with two attached hydrogens (primary N) is 1. The Kier molecular flexibility index (Phi) is 36.9. The third-order valence-electron chi connectivity index (χ3n) is 14.3. The number of nitrogens with zero attached hydrogens (tertiary/aromatic N) is 3. The number of hydrogen-bond acceptors (Lipinski definition) is 13. The van der Waals surface area contributed by atoms with Crippen molar-refractivity contribution in [2.45, 2.75) is 93.9 Å². The Labute approximate surface area is 553 Å². The van der Waals surface area contributed by atoms with Crippen LogP contribution in [-0.4, -0.2) is 126 Å². The number of aliphatic hydroxyl groups excluding tert-OH is 3. The van der Waals surface area contributed by atoms with E-state index >= 15 is 0 Å². The number of hydrogen-bond donors (Lipinski definition) is 5. The summed E-state index contributed by atoms with van der Waals surface area (Å²) in [6.07, 6.45) is 11.3. The molecule has 1 fully saturated rings. The van der Waals surface area contributed by atoms with Crippen molar-refractivity contribution in [3.63, 3.8) is 0 Å². The predicted molar refractivity (Wildman–Crippen MR) is 381 cm³/mol. The second-order valence-electron chi connectivity index (χ2n) is 21.9. The van der Waals surface area contributed by atoms with Crippen molar-refractivity contribution >= 4 is 47.9 Å². The van der Waals surface area contributed by atoms with E-state index in [0.29, 0.717) is 19.2 Å². The molecular formula is C77H87B3N5O8. The molecule has 6 atom stereocenters. The smallest absolute Gasteiger partial charge is 0.375 e. The van der Waals surface area contributed by atoms with Crippen LogP contribution in [0.5, 0.6) is 0 Å². The summed E-state index contributed by atoms with van der Waals surface area (Å²) < 4.78 is 21.3. The van der Waals surface area contributed by atoms with Crippen molar-refractivity contribution < 1.29 is 38.8 Å². The molecule has 13 nitrogen and oxygen atoms in total. The van der Waals surface area contributed by atoms with Crippen molar-refractivity contribution in [1.82, 2.24) is 5.32 Å². The molecule has 16 heteroatoms. The molecule has 1 aliphatic heterocycles. The van der Waals surface area contributed by atoms with Gasteiger partial charge in [0, 0.05) is 25.0 Å². The highest BCUT2D eigenvalue weighted by Crippen LogP contribution is 2.21. The first-order valence-corrected chi connectivity index (χ1v) is 31.6. The van der Waals surface area contributed by atoms with Gasteiger partial charge in [-0.1, -0.05) is 290 Å². The molecule has 0 aromatic heterocycles. The quantitative estimate of drug-likeness (QED) is 0.00660. The number of epoxide rings is 1. The lowest BCUT2D eigenvalue weighted by atomic mass is 9.90. The van der Waals surface area contributed by atoms with Gasteiger partial charge in [-0.2, -0.15) is 0 Å². The minimum Gasteiger partial charge on any atom is -0.555 e. The molecule has 3 radical (unpaired) electrons. The molecule has 0 saturated carbocycles. The number of benzene rings is 9. The van der Waals surface area contributed by atoms with E-state index in [0.717, 1.165) is 62.5 Å². The lowest BCUT2D eigenvalue weighted by Crippen LogP contribution is -2.33. The van der Waals surface area contributed by atoms with Gasteiger partial charge in [0.2, 0.25) is 0 Å². The van der Waals surface area contributed by atoms with E-state index < -0.39 is 6.04 Å². The van der Waals surface area contributed by atoms with E-state index in [-0.39, 0.29) is 50.1 Å². The van der Waals surface area contributed by atoms with E-state index in [4.69, 9.17) is 29.5 Å². The van der Waals surface area contributed by atoms with Gasteiger partial charge in [0.25, 0.3) is 0 Å². The maximum atomic E-state index is 11.0. The monoisotopic (exact) mass is 1240 g/mol. The molecule has 477 valence electrons. The predicted octanol–water partition coefficient (Wildman–Crippen LogP) is 10.9. The summed E-state index contributed by atoms with van der Waals surface area (Å²) in [5, 5.41) is 30.8. The van der Waals surface area contributed by atoms with Gasteiger partial charge in [0.1, 0.15) is 18.4 Å². The Morgan fingerprint density at radius 2 is 0.753 bits per heavy atom. The minimum absolute atomic E-state index is 0.00738. The number of aliphatic hydroxyl groups is 3. The van der Waals surface area contributed by atoms with Crippen molar-refractivity contribution in [3.8, 4) is 0 Å². The van der Waals surface area contributed by atoms with Crippen LogP contribution in [0.25, 0.3) is 0 Å². The molecular weight excluding hydrogens is 1160 g/mol. The summed E-state index contributed by atoms with van der Waals surface area (Å²) in [6, 6.07) is 90.4. The van der Waals surface area contributed by atoms with E-state index in [1.165, 1.54) is 58.1 Å². The molecule has 0 aliphatic carbocycles. The van der Waals surface area contributed by atoms with Crippen LogP contribution in [0, 0.1) is 0 Å². The highest BCUT2D eigenvalue weighted by Gasteiger charge is 2.32. The van der Waals surface area contributed by atoms with Crippen molar-refractivity contribution in [3.05, 3.63) is 323 Å². The van der Waals surface area contributed by atoms with Gasteiger partial charge in [-0.05, 0) is 78.0 Å². The fraction of sp³-hybridized carbons (Fsp3) is 0.247. The summed E-state index contributed by atoms with van der Waals surface area (Å²) in [5.74, 6) is 0. The van der Waals surface area contributed by atoms with Crippen molar-refractivity contribution in [2.75, 3.05) is 26.4 Å². The third-order valence-corrected chi connectivity index (χ3v) is 14.3. The van der Waals surface area contributed by atoms with E-state index in [9.17, 15) is 15.0 Å². The van der Waals surface area contributed by atoms with Crippen molar-refractivity contribution in [1.29, 1.82) is 0 Å². The van der Waals surface area contributed by atoms with Gasteiger partial charge in [0.15, 0.2) is 19.2 Å². The van der Waals surface area contributed by atoms with Crippen LogP contribution in [0.4, 0.5) is 0 Å². The Bertz CT molecular complexity index is 3340. The number of ether oxygens (including phenoxy) is 1. The molecule has 0 unspecified atom stereocenters. The maximum Gasteiger partial charge on any atom is 0.375 e. The zero-order valence-corrected chi connectivity index (χ0v) is 53.0. The molecule has 0 amide bonds. The Hall–Kier alpha value is -8.99. The number of rotatable bonds is 33. The highest BCUT2D eigenvalue weighted by atomic mass is 16.6. The van der Waals surface area contributed by atoms with Crippen LogP contribution in [0.15, 0.2) is 288 Å². The molecule has 9 aromatic carbocycles. The summed E-state index contributed by atoms with van der Waals surface area (Å²) in [5.41, 5.74) is 16.3. The maximum absolute atomic E-state index is 11.0.